The Balaban J connectivity index is 4.22. The topological polar surface area (TPSA) is 78.6 Å². The molecule has 0 heterocycles. The van der Waals surface area contributed by atoms with E-state index in [9.17, 15) is 4.79 Å². The molecule has 0 rings (SSSR count). The fourth-order valence-electron chi connectivity index (χ4n) is 0.478. The van der Waals surface area contributed by atoms with Crippen molar-refractivity contribution in [1.82, 2.24) is 10.3 Å². The summed E-state index contributed by atoms with van der Waals surface area (Å²) in [5.41, 5.74) is 1.40. The highest BCUT2D eigenvalue weighted by atomic mass is 16.3. The molecule has 0 radical (unpaired) electrons. The van der Waals surface area contributed by atoms with Crippen molar-refractivity contribution in [2.24, 2.45) is 5.84 Å². The molecule has 0 aliphatic heterocycles. The number of aliphatic hydroxyl groups is 1. The normalized spacial score (nSPS) is 11.0. The molecular formula is C6H15N3O2. The van der Waals surface area contributed by atoms with E-state index in [2.05, 4.69) is 0 Å². The summed E-state index contributed by atoms with van der Waals surface area (Å²) >= 11 is 0. The minimum atomic E-state index is -0.580. The third kappa shape index (κ3) is 2.36. The molecule has 0 aromatic heterocycles. The first kappa shape index (κ1) is 10.2. The number of hydrogen-bond donors (Lipinski definition) is 3. The van der Waals surface area contributed by atoms with E-state index >= 15 is 0 Å². The van der Waals surface area contributed by atoms with Crippen LogP contribution in [-0.2, 0) is 0 Å². The molecule has 2 amide bonds. The van der Waals surface area contributed by atoms with Gasteiger partial charge >= 0.3 is 6.03 Å². The highest BCUT2D eigenvalue weighted by Crippen LogP contribution is 2.09. The van der Waals surface area contributed by atoms with Crippen molar-refractivity contribution in [1.29, 1.82) is 0 Å². The third-order valence-corrected chi connectivity index (χ3v) is 1.72. The predicted molar refractivity (Wildman–Crippen MR) is 41.6 cm³/mol. The number of nitrogens with zero attached hydrogens (tertiary/aromatic N) is 1. The van der Waals surface area contributed by atoms with Gasteiger partial charge in [-0.1, -0.05) is 0 Å². The molecule has 5 heteroatoms. The Kier molecular flexibility index (Phi) is 3.28. The molecule has 0 aromatic rings. The molecule has 4 N–H and O–H groups in total. The van der Waals surface area contributed by atoms with Gasteiger partial charge in [0.05, 0.1) is 12.1 Å². The zero-order valence-electron chi connectivity index (χ0n) is 7.09. The Labute approximate surface area is 66.1 Å². The Morgan fingerprint density at radius 3 is 2.45 bits per heavy atom. The fourth-order valence-corrected chi connectivity index (χ4v) is 0.478. The summed E-state index contributed by atoms with van der Waals surface area (Å²) in [6.07, 6.45) is 0. The van der Waals surface area contributed by atoms with Crippen LogP contribution in [0.2, 0.25) is 0 Å². The largest absolute Gasteiger partial charge is 0.394 e. The molecule has 0 unspecified atom stereocenters. The van der Waals surface area contributed by atoms with E-state index in [1.807, 2.05) is 5.43 Å². The van der Waals surface area contributed by atoms with Crippen LogP contribution in [0, 0.1) is 0 Å². The second-order valence-electron chi connectivity index (χ2n) is 2.98. The first-order valence-corrected chi connectivity index (χ1v) is 3.31. The highest BCUT2D eigenvalue weighted by Gasteiger charge is 2.25. The van der Waals surface area contributed by atoms with Gasteiger partial charge in [0.1, 0.15) is 0 Å². The summed E-state index contributed by atoms with van der Waals surface area (Å²) in [5.74, 6) is 4.90. The number of carbonyl (C=O) groups excluding carboxylic acids is 1. The van der Waals surface area contributed by atoms with Gasteiger partial charge in [0.15, 0.2) is 0 Å². The van der Waals surface area contributed by atoms with Gasteiger partial charge in [-0.25, -0.2) is 10.6 Å². The fraction of sp³-hybridized carbons (Fsp3) is 0.833. The van der Waals surface area contributed by atoms with E-state index in [0.29, 0.717) is 0 Å². The van der Waals surface area contributed by atoms with Crippen molar-refractivity contribution in [2.75, 3.05) is 13.7 Å². The van der Waals surface area contributed by atoms with E-state index in [0.717, 1.165) is 0 Å². The lowest BCUT2D eigenvalue weighted by Crippen LogP contribution is -2.53. The quantitative estimate of drug-likeness (QED) is 0.284. The van der Waals surface area contributed by atoms with E-state index in [4.69, 9.17) is 10.9 Å². The SMILES string of the molecule is CN(C(=O)NN)C(C)(C)CO. The first-order valence-electron chi connectivity index (χ1n) is 3.31. The average Bonchev–Trinajstić information content (AvgIpc) is 2.01. The van der Waals surface area contributed by atoms with Gasteiger partial charge in [0, 0.05) is 7.05 Å². The van der Waals surface area contributed by atoms with Gasteiger partial charge in [-0.3, -0.25) is 5.43 Å². The van der Waals surface area contributed by atoms with Crippen LogP contribution in [0.1, 0.15) is 13.8 Å². The zero-order chi connectivity index (χ0) is 9.07. The van der Waals surface area contributed by atoms with Crippen LogP contribution in [0.15, 0.2) is 0 Å². The van der Waals surface area contributed by atoms with Crippen molar-refractivity contribution in [3.63, 3.8) is 0 Å². The van der Waals surface area contributed by atoms with Gasteiger partial charge in [-0.2, -0.15) is 0 Å². The number of hydrazine groups is 1. The minimum absolute atomic E-state index is 0.100. The Morgan fingerprint density at radius 1 is 1.73 bits per heavy atom. The molecule has 0 aromatic carbocycles. The van der Waals surface area contributed by atoms with Crippen molar-refractivity contribution >= 4 is 6.03 Å². The lowest BCUT2D eigenvalue weighted by molar-refractivity contribution is 0.0976. The average molecular weight is 161 g/mol. The van der Waals surface area contributed by atoms with E-state index < -0.39 is 11.6 Å². The molecule has 0 aliphatic carbocycles. The van der Waals surface area contributed by atoms with Crippen LogP contribution in [0.25, 0.3) is 0 Å². The predicted octanol–water partition coefficient (Wildman–Crippen LogP) is -0.728. The molecule has 0 saturated carbocycles. The van der Waals surface area contributed by atoms with E-state index in [1.165, 1.54) is 4.90 Å². The lowest BCUT2D eigenvalue weighted by Gasteiger charge is -2.33. The van der Waals surface area contributed by atoms with Crippen LogP contribution < -0.4 is 11.3 Å². The Morgan fingerprint density at radius 2 is 2.18 bits per heavy atom. The van der Waals surface area contributed by atoms with Crippen LogP contribution in [0.3, 0.4) is 0 Å². The van der Waals surface area contributed by atoms with Crippen LogP contribution in [0.4, 0.5) is 4.79 Å². The van der Waals surface area contributed by atoms with Gasteiger partial charge in [-0.15, -0.1) is 0 Å². The summed E-state index contributed by atoms with van der Waals surface area (Å²) in [4.78, 5) is 12.2. The maximum absolute atomic E-state index is 10.9. The molecule has 5 nitrogen and oxygen atoms in total. The molecule has 11 heavy (non-hydrogen) atoms. The number of carbonyl (C=O) groups is 1. The smallest absolute Gasteiger partial charge is 0.331 e. The molecule has 0 atom stereocenters. The number of nitrogens with two attached hydrogens (primary N) is 1. The maximum Gasteiger partial charge on any atom is 0.331 e. The molecular weight excluding hydrogens is 146 g/mol. The molecule has 0 fully saturated rings. The molecule has 0 aliphatic rings. The number of aliphatic hydroxyl groups excluding tert-OH is 1. The van der Waals surface area contributed by atoms with Gasteiger partial charge in [0.25, 0.3) is 0 Å². The van der Waals surface area contributed by atoms with Crippen LogP contribution in [0.5, 0.6) is 0 Å². The number of hydrogen-bond acceptors (Lipinski definition) is 3. The molecule has 0 bridgehead atoms. The van der Waals surface area contributed by atoms with Crippen LogP contribution >= 0.6 is 0 Å². The zero-order valence-corrected chi connectivity index (χ0v) is 7.09. The Hall–Kier alpha value is -0.810. The first-order chi connectivity index (χ1) is 4.95. The summed E-state index contributed by atoms with van der Waals surface area (Å²) in [6.45, 7) is 3.38. The molecule has 0 saturated heterocycles. The minimum Gasteiger partial charge on any atom is -0.394 e. The maximum atomic E-state index is 10.9. The summed E-state index contributed by atoms with van der Waals surface area (Å²) in [5, 5.41) is 8.85. The molecule has 0 spiro atoms. The highest BCUT2D eigenvalue weighted by molar-refractivity contribution is 5.73. The van der Waals surface area contributed by atoms with Gasteiger partial charge in [0.2, 0.25) is 0 Å². The third-order valence-electron chi connectivity index (χ3n) is 1.72. The van der Waals surface area contributed by atoms with E-state index in [1.54, 1.807) is 20.9 Å². The Bertz CT molecular complexity index is 147. The van der Waals surface area contributed by atoms with Crippen molar-refractivity contribution in [2.45, 2.75) is 19.4 Å². The molecule has 66 valence electrons. The number of urea groups is 1. The summed E-state index contributed by atoms with van der Waals surface area (Å²) in [7, 11) is 1.57. The van der Waals surface area contributed by atoms with Crippen molar-refractivity contribution in [3.05, 3.63) is 0 Å². The van der Waals surface area contributed by atoms with Crippen molar-refractivity contribution in [3.8, 4) is 0 Å². The number of amides is 2. The monoisotopic (exact) mass is 161 g/mol. The number of nitrogens with one attached hydrogen (secondary N) is 1. The van der Waals surface area contributed by atoms with Gasteiger partial charge < -0.3 is 10.0 Å². The second-order valence-corrected chi connectivity index (χ2v) is 2.98. The second kappa shape index (κ2) is 3.54. The van der Waals surface area contributed by atoms with Gasteiger partial charge in [-0.05, 0) is 13.8 Å². The van der Waals surface area contributed by atoms with E-state index in [-0.39, 0.29) is 6.61 Å². The lowest BCUT2D eigenvalue weighted by atomic mass is 10.1. The van der Waals surface area contributed by atoms with Crippen LogP contribution in [-0.4, -0.2) is 35.2 Å². The van der Waals surface area contributed by atoms with Crippen molar-refractivity contribution < 1.29 is 9.90 Å². The number of rotatable bonds is 2. The summed E-state index contributed by atoms with van der Waals surface area (Å²) in [6, 6.07) is -0.413. The standard InChI is InChI=1S/C6H15N3O2/c1-6(2,4-10)9(3)5(11)8-7/h10H,4,7H2,1-3H3,(H,8,11). The number of likely N-dealkylation sites (N-methyl/N-ethyl adjacent to an activating group) is 1. The summed E-state index contributed by atoms with van der Waals surface area (Å²) < 4.78 is 0.